The van der Waals surface area contributed by atoms with E-state index in [2.05, 4.69) is 329 Å². The van der Waals surface area contributed by atoms with Crippen molar-refractivity contribution in [3.63, 3.8) is 0 Å². The number of benzene rings is 9. The fraction of sp³-hybridized carbons (Fsp3) is 0.205. The Morgan fingerprint density at radius 3 is 0.892 bits per heavy atom. The number of fused-ring (bicyclic) bond motifs is 3. The second-order valence-corrected chi connectivity index (χ2v) is 25.9. The molecular weight excluding hydrogens is 1150 g/mol. The summed E-state index contributed by atoms with van der Waals surface area (Å²) in [6.07, 6.45) is 8.59. The van der Waals surface area contributed by atoms with Crippen LogP contribution in [0.1, 0.15) is 103 Å². The van der Waals surface area contributed by atoms with Crippen molar-refractivity contribution in [1.29, 1.82) is 0 Å². The minimum atomic E-state index is -0.361. The average molecular weight is 1220 g/mol. The van der Waals surface area contributed by atoms with Gasteiger partial charge in [0, 0.05) is 48.5 Å². The molecule has 2 heterocycles. The third-order valence-electron chi connectivity index (χ3n) is 17.2. The second kappa shape index (κ2) is 23.2. The maximum absolute atomic E-state index is 6.33. The van der Waals surface area contributed by atoms with Crippen LogP contribution in [0.15, 0.2) is 227 Å². The maximum atomic E-state index is 6.33. The molecule has 9 aromatic carbocycles. The summed E-state index contributed by atoms with van der Waals surface area (Å²) in [4.78, 5) is 4.54. The fourth-order valence-electron chi connectivity index (χ4n) is 10.9. The summed E-state index contributed by atoms with van der Waals surface area (Å²) >= 11 is 7.63. The topological polar surface area (TPSA) is 43.4 Å². The van der Waals surface area contributed by atoms with Gasteiger partial charge in [-0.3, -0.25) is 0 Å². The Morgan fingerprint density at radius 2 is 0.602 bits per heavy atom. The lowest BCUT2D eigenvalue weighted by Gasteiger charge is -2.32. The van der Waals surface area contributed by atoms with E-state index < -0.39 is 0 Å². The molecule has 0 unspecified atom stereocenters. The Kier molecular flexibility index (Phi) is 16.2. The van der Waals surface area contributed by atoms with E-state index in [9.17, 15) is 0 Å². The monoisotopic (exact) mass is 1220 g/mol. The molecule has 10 heteroatoms. The standard InChI is InChI=1S/C46H34Br2N2.C27H36B2O4/c47-45-34-38(28-22-36-25-31-44(32-26-36)50(41-17-9-3-10-18-41)42-19-11-4-12-20-42)46(48)33-37(45)27-21-35-23-29-43(30-24-35)49(39-13-5-1-6-14-39)40-15-7-2-8-16-40;1-23(2)21-15-17(28-30-24(3,4)25(5,6)31-28)11-13-19(21)20-14-12-18(16-22(20)23)29-32-26(7,8)27(9,10)33-29/h1-34H;11-16H,1-10H3/b27-21+,28-22?;. The first-order chi connectivity index (χ1) is 39.7. The molecule has 3 aliphatic rings. The van der Waals surface area contributed by atoms with Gasteiger partial charge in [0.2, 0.25) is 0 Å². The van der Waals surface area contributed by atoms with E-state index in [1.165, 1.54) is 22.3 Å². The molecular formula is C73H70B2Br2N2O4. The molecule has 1 aliphatic carbocycles. The van der Waals surface area contributed by atoms with Crippen LogP contribution < -0.4 is 20.7 Å². The van der Waals surface area contributed by atoms with Crippen LogP contribution in [0, 0.1) is 0 Å². The van der Waals surface area contributed by atoms with Gasteiger partial charge < -0.3 is 28.4 Å². The van der Waals surface area contributed by atoms with Crippen molar-refractivity contribution in [2.45, 2.75) is 97.1 Å². The highest BCUT2D eigenvalue weighted by molar-refractivity contribution is 9.11. The summed E-state index contributed by atoms with van der Waals surface area (Å²) in [6, 6.07) is 76.8. The van der Waals surface area contributed by atoms with Crippen molar-refractivity contribution in [1.82, 2.24) is 0 Å². The zero-order valence-electron chi connectivity index (χ0n) is 49.0. The van der Waals surface area contributed by atoms with Crippen LogP contribution in [0.4, 0.5) is 34.1 Å². The number of hydrogen-bond donors (Lipinski definition) is 0. The van der Waals surface area contributed by atoms with Crippen LogP contribution in [0.25, 0.3) is 35.4 Å². The number of rotatable bonds is 12. The number of nitrogens with zero attached hydrogens (tertiary/aromatic N) is 2. The van der Waals surface area contributed by atoms with Crippen molar-refractivity contribution >= 4 is 115 Å². The molecule has 0 atom stereocenters. The quantitative estimate of drug-likeness (QED) is 0.0897. The predicted molar refractivity (Wildman–Crippen MR) is 357 cm³/mol. The van der Waals surface area contributed by atoms with Gasteiger partial charge in [0.05, 0.1) is 22.4 Å². The SMILES string of the molecule is Brc1cc(/C=C/c2ccc(N(c3ccccc3)c3ccccc3)cc2)c(Br)cc1C=Cc1ccc(N(c2ccccc2)c2ccccc2)cc1.CC1(C)c2cc(B3OC(C)(C)C(C)(C)O3)ccc2-c2ccc(B3OC(C)(C)C(C)(C)O3)cc21. The highest BCUT2D eigenvalue weighted by Crippen LogP contribution is 2.49. The molecule has 0 bridgehead atoms. The molecule has 0 amide bonds. The van der Waals surface area contributed by atoms with Crippen molar-refractivity contribution < 1.29 is 18.6 Å². The summed E-state index contributed by atoms with van der Waals surface area (Å²) in [5, 5.41) is 0. The molecule has 0 saturated carbocycles. The minimum absolute atomic E-state index is 0.149. The van der Waals surface area contributed by atoms with E-state index in [-0.39, 0.29) is 42.1 Å². The molecule has 0 spiro atoms. The van der Waals surface area contributed by atoms with Gasteiger partial charge in [0.15, 0.2) is 0 Å². The molecule has 83 heavy (non-hydrogen) atoms. The smallest absolute Gasteiger partial charge is 0.399 e. The average Bonchev–Trinajstić information content (AvgIpc) is 2.20. The number of anilines is 6. The largest absolute Gasteiger partial charge is 0.494 e. The maximum Gasteiger partial charge on any atom is 0.494 e. The molecule has 0 radical (unpaired) electrons. The van der Waals surface area contributed by atoms with Gasteiger partial charge in [-0.05, 0) is 196 Å². The van der Waals surface area contributed by atoms with Crippen LogP contribution in [0.3, 0.4) is 0 Å². The third-order valence-corrected chi connectivity index (χ3v) is 18.5. The van der Waals surface area contributed by atoms with Crippen LogP contribution in [-0.2, 0) is 24.0 Å². The van der Waals surface area contributed by atoms with E-state index in [1.807, 2.05) is 24.3 Å². The first kappa shape index (κ1) is 57.8. The number of halogens is 2. The van der Waals surface area contributed by atoms with Gasteiger partial charge in [-0.25, -0.2) is 0 Å². The van der Waals surface area contributed by atoms with Crippen molar-refractivity contribution in [3.05, 3.63) is 261 Å². The molecule has 2 fully saturated rings. The Balaban J connectivity index is 0.000000189. The molecule has 2 saturated heterocycles. The van der Waals surface area contributed by atoms with E-state index in [0.29, 0.717) is 0 Å². The predicted octanol–water partition coefficient (Wildman–Crippen LogP) is 19.1. The van der Waals surface area contributed by atoms with Crippen LogP contribution in [-0.4, -0.2) is 36.6 Å². The lowest BCUT2D eigenvalue weighted by Crippen LogP contribution is -2.41. The summed E-state index contributed by atoms with van der Waals surface area (Å²) < 4.78 is 27.4. The minimum Gasteiger partial charge on any atom is -0.399 e. The molecule has 9 aromatic rings. The van der Waals surface area contributed by atoms with E-state index in [1.54, 1.807) is 0 Å². The lowest BCUT2D eigenvalue weighted by molar-refractivity contribution is 0.00578. The summed E-state index contributed by atoms with van der Waals surface area (Å²) in [5.74, 6) is 0. The van der Waals surface area contributed by atoms with Crippen molar-refractivity contribution in [2.24, 2.45) is 0 Å². The lowest BCUT2D eigenvalue weighted by atomic mass is 9.73. The summed E-state index contributed by atoms with van der Waals surface area (Å²) in [7, 11) is -0.722. The molecule has 2 aliphatic heterocycles. The Hall–Kier alpha value is -7.01. The van der Waals surface area contributed by atoms with Crippen molar-refractivity contribution in [3.8, 4) is 11.1 Å². The van der Waals surface area contributed by atoms with Gasteiger partial charge in [-0.15, -0.1) is 0 Å². The number of hydrogen-bond acceptors (Lipinski definition) is 6. The number of para-hydroxylation sites is 4. The fourth-order valence-corrected chi connectivity index (χ4v) is 11.9. The van der Waals surface area contributed by atoms with Crippen LogP contribution in [0.5, 0.6) is 0 Å². The van der Waals surface area contributed by atoms with E-state index in [4.69, 9.17) is 18.6 Å². The Labute approximate surface area is 509 Å². The first-order valence-electron chi connectivity index (χ1n) is 28.5. The molecule has 0 aromatic heterocycles. The van der Waals surface area contributed by atoms with Crippen LogP contribution in [0.2, 0.25) is 0 Å². The van der Waals surface area contributed by atoms with Crippen molar-refractivity contribution in [2.75, 3.05) is 9.80 Å². The third kappa shape index (κ3) is 11.9. The zero-order valence-corrected chi connectivity index (χ0v) is 52.2. The van der Waals surface area contributed by atoms with Gasteiger partial charge in [-0.1, -0.05) is 203 Å². The first-order valence-corrected chi connectivity index (χ1v) is 30.1. The van der Waals surface area contributed by atoms with E-state index in [0.717, 1.165) is 76.2 Å². The summed E-state index contributed by atoms with van der Waals surface area (Å²) in [6.45, 7) is 21.3. The molecule has 6 nitrogen and oxygen atoms in total. The summed E-state index contributed by atoms with van der Waals surface area (Å²) in [5.41, 5.74) is 16.9. The molecule has 0 N–H and O–H groups in total. The van der Waals surface area contributed by atoms with Gasteiger partial charge in [0.1, 0.15) is 0 Å². The Morgan fingerprint density at radius 1 is 0.325 bits per heavy atom. The van der Waals surface area contributed by atoms with Crippen LogP contribution >= 0.6 is 31.9 Å². The van der Waals surface area contributed by atoms with Gasteiger partial charge >= 0.3 is 14.2 Å². The highest BCUT2D eigenvalue weighted by Gasteiger charge is 2.53. The highest BCUT2D eigenvalue weighted by atomic mass is 79.9. The van der Waals surface area contributed by atoms with Gasteiger partial charge in [-0.2, -0.15) is 0 Å². The zero-order chi connectivity index (χ0) is 58.3. The van der Waals surface area contributed by atoms with E-state index >= 15 is 0 Å². The normalized spacial score (nSPS) is 16.8. The second-order valence-electron chi connectivity index (χ2n) is 24.2. The van der Waals surface area contributed by atoms with Gasteiger partial charge in [0.25, 0.3) is 0 Å². The molecule has 12 rings (SSSR count). The molecule has 416 valence electrons. The Bertz CT molecular complexity index is 3450.